The normalized spacial score (nSPS) is 17.2. The Bertz CT molecular complexity index is 455. The third kappa shape index (κ3) is 3.87. The predicted molar refractivity (Wildman–Crippen MR) is 79.7 cm³/mol. The zero-order valence-corrected chi connectivity index (χ0v) is 12.3. The van der Waals surface area contributed by atoms with Crippen LogP contribution in [0.1, 0.15) is 38.2 Å². The molecule has 19 heavy (non-hydrogen) atoms. The van der Waals surface area contributed by atoms with Crippen molar-refractivity contribution in [1.29, 1.82) is 0 Å². The standard InChI is InChI=1S/C15H21ClN2O/c1-10-7-8-13(9-14(10)16)17-11(2)15(19)18-12-5-3-4-6-12/h7-9,11-12,17H,3-6H2,1-2H3,(H,18,19)/t11-/m1/s1. The number of hydrogen-bond acceptors (Lipinski definition) is 2. The molecule has 2 rings (SSSR count). The smallest absolute Gasteiger partial charge is 0.242 e. The second-order valence-electron chi connectivity index (χ2n) is 5.32. The van der Waals surface area contributed by atoms with Gasteiger partial charge in [-0.15, -0.1) is 0 Å². The molecular formula is C15H21ClN2O. The molecule has 0 bridgehead atoms. The molecule has 4 heteroatoms. The molecule has 0 saturated heterocycles. The molecule has 1 amide bonds. The largest absolute Gasteiger partial charge is 0.374 e. The summed E-state index contributed by atoms with van der Waals surface area (Å²) in [5.41, 5.74) is 1.92. The summed E-state index contributed by atoms with van der Waals surface area (Å²) in [6.07, 6.45) is 4.66. The van der Waals surface area contributed by atoms with Crippen LogP contribution in [0.2, 0.25) is 5.02 Å². The van der Waals surface area contributed by atoms with E-state index in [-0.39, 0.29) is 11.9 Å². The van der Waals surface area contributed by atoms with Gasteiger partial charge in [-0.25, -0.2) is 0 Å². The number of anilines is 1. The van der Waals surface area contributed by atoms with Crippen LogP contribution < -0.4 is 10.6 Å². The van der Waals surface area contributed by atoms with Gasteiger partial charge < -0.3 is 10.6 Å². The SMILES string of the molecule is Cc1ccc(N[C@H](C)C(=O)NC2CCCC2)cc1Cl. The number of hydrogen-bond donors (Lipinski definition) is 2. The molecule has 1 saturated carbocycles. The summed E-state index contributed by atoms with van der Waals surface area (Å²) in [7, 11) is 0. The third-order valence-electron chi connectivity index (χ3n) is 3.65. The topological polar surface area (TPSA) is 41.1 Å². The van der Waals surface area contributed by atoms with Crippen molar-refractivity contribution in [2.45, 2.75) is 51.6 Å². The fourth-order valence-electron chi connectivity index (χ4n) is 2.39. The first-order chi connectivity index (χ1) is 9.06. The maximum Gasteiger partial charge on any atom is 0.242 e. The van der Waals surface area contributed by atoms with Crippen LogP contribution in [0.3, 0.4) is 0 Å². The van der Waals surface area contributed by atoms with Gasteiger partial charge in [0.2, 0.25) is 5.91 Å². The summed E-state index contributed by atoms with van der Waals surface area (Å²) in [6.45, 7) is 3.83. The van der Waals surface area contributed by atoms with Crippen molar-refractivity contribution in [1.82, 2.24) is 5.32 Å². The Balaban J connectivity index is 1.90. The van der Waals surface area contributed by atoms with Crippen LogP contribution in [0.25, 0.3) is 0 Å². The van der Waals surface area contributed by atoms with Crippen LogP contribution >= 0.6 is 11.6 Å². The molecule has 1 fully saturated rings. The molecule has 1 aliphatic rings. The molecular weight excluding hydrogens is 260 g/mol. The van der Waals surface area contributed by atoms with Crippen molar-refractivity contribution in [2.75, 3.05) is 5.32 Å². The molecule has 3 nitrogen and oxygen atoms in total. The Morgan fingerprint density at radius 3 is 2.68 bits per heavy atom. The van der Waals surface area contributed by atoms with E-state index in [1.807, 2.05) is 32.0 Å². The third-order valence-corrected chi connectivity index (χ3v) is 4.06. The molecule has 0 spiro atoms. The summed E-state index contributed by atoms with van der Waals surface area (Å²) in [4.78, 5) is 12.0. The first kappa shape index (κ1) is 14.2. The first-order valence-corrected chi connectivity index (χ1v) is 7.27. The Morgan fingerprint density at radius 1 is 1.37 bits per heavy atom. The molecule has 1 aromatic rings. The minimum Gasteiger partial charge on any atom is -0.374 e. The molecule has 2 N–H and O–H groups in total. The number of carbonyl (C=O) groups is 1. The lowest BCUT2D eigenvalue weighted by atomic mass is 10.2. The number of rotatable bonds is 4. The number of benzene rings is 1. The monoisotopic (exact) mass is 280 g/mol. The van der Waals surface area contributed by atoms with Crippen LogP contribution in [-0.2, 0) is 4.79 Å². The van der Waals surface area contributed by atoms with Gasteiger partial charge in [-0.05, 0) is 44.4 Å². The van der Waals surface area contributed by atoms with Gasteiger partial charge in [-0.2, -0.15) is 0 Å². The predicted octanol–water partition coefficient (Wildman–Crippen LogP) is 3.51. The van der Waals surface area contributed by atoms with Crippen molar-refractivity contribution in [3.8, 4) is 0 Å². The highest BCUT2D eigenvalue weighted by molar-refractivity contribution is 6.31. The van der Waals surface area contributed by atoms with E-state index < -0.39 is 0 Å². The molecule has 1 atom stereocenters. The van der Waals surface area contributed by atoms with Gasteiger partial charge in [0.15, 0.2) is 0 Å². The van der Waals surface area contributed by atoms with E-state index in [0.29, 0.717) is 11.1 Å². The van der Waals surface area contributed by atoms with Crippen LogP contribution in [0.15, 0.2) is 18.2 Å². The average molecular weight is 281 g/mol. The average Bonchev–Trinajstić information content (AvgIpc) is 2.86. The highest BCUT2D eigenvalue weighted by Crippen LogP contribution is 2.21. The van der Waals surface area contributed by atoms with E-state index in [1.165, 1.54) is 12.8 Å². The number of amides is 1. The maximum absolute atomic E-state index is 12.0. The van der Waals surface area contributed by atoms with Gasteiger partial charge in [0.25, 0.3) is 0 Å². The number of nitrogens with one attached hydrogen (secondary N) is 2. The maximum atomic E-state index is 12.0. The zero-order chi connectivity index (χ0) is 13.8. The number of carbonyl (C=O) groups excluding carboxylic acids is 1. The van der Waals surface area contributed by atoms with Crippen molar-refractivity contribution in [2.24, 2.45) is 0 Å². The Morgan fingerprint density at radius 2 is 2.05 bits per heavy atom. The summed E-state index contributed by atoms with van der Waals surface area (Å²) in [6, 6.07) is 5.86. The van der Waals surface area contributed by atoms with Gasteiger partial charge in [0.05, 0.1) is 0 Å². The van der Waals surface area contributed by atoms with E-state index in [4.69, 9.17) is 11.6 Å². The Kier molecular flexibility index (Phi) is 4.70. The van der Waals surface area contributed by atoms with Crippen LogP contribution in [0.4, 0.5) is 5.69 Å². The fraction of sp³-hybridized carbons (Fsp3) is 0.533. The van der Waals surface area contributed by atoms with Crippen molar-refractivity contribution >= 4 is 23.2 Å². The lowest BCUT2D eigenvalue weighted by Gasteiger charge is -2.19. The van der Waals surface area contributed by atoms with Crippen LogP contribution in [0, 0.1) is 6.92 Å². The van der Waals surface area contributed by atoms with Crippen molar-refractivity contribution in [3.05, 3.63) is 28.8 Å². The van der Waals surface area contributed by atoms with E-state index in [1.54, 1.807) is 0 Å². The Hall–Kier alpha value is -1.22. The summed E-state index contributed by atoms with van der Waals surface area (Å²) < 4.78 is 0. The van der Waals surface area contributed by atoms with E-state index >= 15 is 0 Å². The van der Waals surface area contributed by atoms with Crippen molar-refractivity contribution < 1.29 is 4.79 Å². The molecule has 1 aliphatic carbocycles. The minimum absolute atomic E-state index is 0.0589. The number of aryl methyl sites for hydroxylation is 1. The zero-order valence-electron chi connectivity index (χ0n) is 11.5. The van der Waals surface area contributed by atoms with Crippen LogP contribution in [-0.4, -0.2) is 18.0 Å². The fourth-order valence-corrected chi connectivity index (χ4v) is 2.58. The van der Waals surface area contributed by atoms with E-state index in [0.717, 1.165) is 24.1 Å². The Labute approximate surface area is 119 Å². The van der Waals surface area contributed by atoms with Gasteiger partial charge in [-0.3, -0.25) is 4.79 Å². The highest BCUT2D eigenvalue weighted by atomic mass is 35.5. The van der Waals surface area contributed by atoms with Gasteiger partial charge >= 0.3 is 0 Å². The summed E-state index contributed by atoms with van der Waals surface area (Å²) in [5.74, 6) is 0.0589. The second kappa shape index (κ2) is 6.29. The molecule has 1 aromatic carbocycles. The highest BCUT2D eigenvalue weighted by Gasteiger charge is 2.20. The van der Waals surface area contributed by atoms with Crippen molar-refractivity contribution in [3.63, 3.8) is 0 Å². The van der Waals surface area contributed by atoms with Gasteiger partial charge in [0, 0.05) is 16.8 Å². The van der Waals surface area contributed by atoms with Gasteiger partial charge in [0.1, 0.15) is 6.04 Å². The van der Waals surface area contributed by atoms with E-state index in [2.05, 4.69) is 10.6 Å². The second-order valence-corrected chi connectivity index (χ2v) is 5.73. The lowest BCUT2D eigenvalue weighted by Crippen LogP contribution is -2.42. The molecule has 0 aliphatic heterocycles. The summed E-state index contributed by atoms with van der Waals surface area (Å²) >= 11 is 6.07. The summed E-state index contributed by atoms with van der Waals surface area (Å²) in [5, 5.41) is 6.99. The first-order valence-electron chi connectivity index (χ1n) is 6.89. The molecule has 0 radical (unpaired) electrons. The molecule has 0 aromatic heterocycles. The van der Waals surface area contributed by atoms with Crippen LogP contribution in [0.5, 0.6) is 0 Å². The quantitative estimate of drug-likeness (QED) is 0.886. The van der Waals surface area contributed by atoms with E-state index in [9.17, 15) is 4.79 Å². The molecule has 104 valence electrons. The molecule has 0 heterocycles. The lowest BCUT2D eigenvalue weighted by molar-refractivity contribution is -0.122. The van der Waals surface area contributed by atoms with Gasteiger partial charge in [-0.1, -0.05) is 30.5 Å². The number of halogens is 1. The molecule has 0 unspecified atom stereocenters. The minimum atomic E-state index is -0.251.